The number of H-pyrrole nitrogens is 1. The standard InChI is InChI=1S/C23H22Cl3N5O2/c1-23(2,33)12-31-15(7-13-3-4-14(24)8-18(13)26)10-30(22(31)32)11-20-28-19-6-5-17(25)16(9-27)21(19)29-20/h3-6,8,15,33H,7,10-12H2,1-2H3,(H,28,29). The first-order valence-corrected chi connectivity index (χ1v) is 11.5. The van der Waals surface area contributed by atoms with Gasteiger partial charge in [0.05, 0.1) is 46.4 Å². The summed E-state index contributed by atoms with van der Waals surface area (Å²) in [5, 5.41) is 21.2. The second-order valence-electron chi connectivity index (χ2n) is 8.81. The highest BCUT2D eigenvalue weighted by atomic mass is 35.5. The molecule has 1 aromatic heterocycles. The van der Waals surface area contributed by atoms with Gasteiger partial charge in [0.2, 0.25) is 0 Å². The van der Waals surface area contributed by atoms with Gasteiger partial charge in [0, 0.05) is 16.6 Å². The van der Waals surface area contributed by atoms with Gasteiger partial charge in [-0.25, -0.2) is 9.78 Å². The molecule has 2 aromatic carbocycles. The maximum Gasteiger partial charge on any atom is 0.320 e. The van der Waals surface area contributed by atoms with Crippen LogP contribution in [0.25, 0.3) is 11.0 Å². The molecule has 10 heteroatoms. The Morgan fingerprint density at radius 2 is 2.00 bits per heavy atom. The highest BCUT2D eigenvalue weighted by Gasteiger charge is 2.40. The third kappa shape index (κ3) is 5.04. The average Bonchev–Trinajstić information content (AvgIpc) is 3.25. The molecular formula is C23H22Cl3N5O2. The van der Waals surface area contributed by atoms with Gasteiger partial charge in [0.15, 0.2) is 0 Å². The molecule has 1 unspecified atom stereocenters. The number of carbonyl (C=O) groups excluding carboxylic acids is 1. The summed E-state index contributed by atoms with van der Waals surface area (Å²) < 4.78 is 0. The number of amides is 2. The molecule has 2 amide bonds. The second-order valence-corrected chi connectivity index (χ2v) is 10.1. The lowest BCUT2D eigenvalue weighted by Gasteiger charge is -2.29. The van der Waals surface area contributed by atoms with Crippen LogP contribution >= 0.6 is 34.8 Å². The number of benzene rings is 2. The van der Waals surface area contributed by atoms with Crippen molar-refractivity contribution < 1.29 is 9.90 Å². The van der Waals surface area contributed by atoms with E-state index < -0.39 is 5.60 Å². The molecule has 0 aliphatic carbocycles. The Labute approximate surface area is 206 Å². The van der Waals surface area contributed by atoms with Gasteiger partial charge >= 0.3 is 6.03 Å². The summed E-state index contributed by atoms with van der Waals surface area (Å²) in [5.74, 6) is 0.547. The van der Waals surface area contributed by atoms with Crippen LogP contribution in [0.3, 0.4) is 0 Å². The van der Waals surface area contributed by atoms with Crippen molar-refractivity contribution in [3.05, 3.63) is 62.4 Å². The predicted octanol–water partition coefficient (Wildman–Crippen LogP) is 5.01. The van der Waals surface area contributed by atoms with E-state index in [0.29, 0.717) is 50.5 Å². The number of aromatic amines is 1. The van der Waals surface area contributed by atoms with Gasteiger partial charge in [-0.3, -0.25) is 0 Å². The van der Waals surface area contributed by atoms with Crippen LogP contribution in [-0.4, -0.2) is 55.6 Å². The summed E-state index contributed by atoms with van der Waals surface area (Å²) in [6, 6.07) is 10.4. The zero-order valence-corrected chi connectivity index (χ0v) is 20.3. The third-order valence-corrected chi connectivity index (χ3v) is 6.43. The van der Waals surface area contributed by atoms with E-state index >= 15 is 0 Å². The quantitative estimate of drug-likeness (QED) is 0.491. The molecule has 7 nitrogen and oxygen atoms in total. The number of hydrogen-bond acceptors (Lipinski definition) is 4. The molecule has 1 fully saturated rings. The Balaban J connectivity index is 1.60. The second kappa shape index (κ2) is 9.03. The molecule has 1 atom stereocenters. The van der Waals surface area contributed by atoms with Gasteiger partial charge < -0.3 is 19.9 Å². The van der Waals surface area contributed by atoms with E-state index in [2.05, 4.69) is 16.0 Å². The lowest BCUT2D eigenvalue weighted by atomic mass is 10.0. The Hall–Kier alpha value is -2.50. The van der Waals surface area contributed by atoms with Crippen LogP contribution in [0.4, 0.5) is 4.79 Å². The fourth-order valence-electron chi connectivity index (χ4n) is 4.10. The minimum Gasteiger partial charge on any atom is -0.389 e. The zero-order valence-electron chi connectivity index (χ0n) is 18.1. The Kier molecular flexibility index (Phi) is 6.47. The van der Waals surface area contributed by atoms with Gasteiger partial charge in [-0.1, -0.05) is 40.9 Å². The van der Waals surface area contributed by atoms with Crippen molar-refractivity contribution in [2.45, 2.75) is 38.5 Å². The zero-order chi connectivity index (χ0) is 23.9. The number of nitrogens with zero attached hydrogens (tertiary/aromatic N) is 4. The van der Waals surface area contributed by atoms with Crippen LogP contribution < -0.4 is 0 Å². The van der Waals surface area contributed by atoms with Crippen LogP contribution in [0.15, 0.2) is 30.3 Å². The number of nitriles is 1. The lowest BCUT2D eigenvalue weighted by molar-refractivity contribution is 0.0425. The van der Waals surface area contributed by atoms with Crippen molar-refractivity contribution in [3.8, 4) is 6.07 Å². The van der Waals surface area contributed by atoms with Gasteiger partial charge in [-0.15, -0.1) is 0 Å². The van der Waals surface area contributed by atoms with E-state index in [1.165, 1.54) is 0 Å². The van der Waals surface area contributed by atoms with E-state index in [1.807, 2.05) is 6.07 Å². The maximum atomic E-state index is 13.3. The Morgan fingerprint density at radius 3 is 2.67 bits per heavy atom. The molecule has 0 spiro atoms. The van der Waals surface area contributed by atoms with E-state index in [9.17, 15) is 15.2 Å². The first-order valence-electron chi connectivity index (χ1n) is 10.3. The normalized spacial score (nSPS) is 16.6. The minimum atomic E-state index is -1.06. The van der Waals surface area contributed by atoms with Gasteiger partial charge in [0.25, 0.3) is 0 Å². The van der Waals surface area contributed by atoms with Crippen LogP contribution in [0.5, 0.6) is 0 Å². The SMILES string of the molecule is CC(C)(O)CN1C(=O)N(Cc2nc3ccc(Cl)c(C#N)c3[nH]2)CC1Cc1ccc(Cl)cc1Cl. The molecule has 172 valence electrons. The molecule has 2 N–H and O–H groups in total. The number of fused-ring (bicyclic) bond motifs is 1. The predicted molar refractivity (Wildman–Crippen MR) is 129 cm³/mol. The number of nitrogens with one attached hydrogen (secondary N) is 1. The number of β-amino-alcohol motifs (C(OH)–C–C–N with tert-alkyl or cyclic N) is 1. The summed E-state index contributed by atoms with van der Waals surface area (Å²) in [6.07, 6.45) is 0.517. The van der Waals surface area contributed by atoms with Crippen LogP contribution in [0.1, 0.15) is 30.8 Å². The van der Waals surface area contributed by atoms with Crippen molar-refractivity contribution in [2.75, 3.05) is 13.1 Å². The van der Waals surface area contributed by atoms with Gasteiger partial charge in [-0.2, -0.15) is 5.26 Å². The van der Waals surface area contributed by atoms with E-state index in [0.717, 1.165) is 5.56 Å². The summed E-state index contributed by atoms with van der Waals surface area (Å²) in [5.41, 5.74) is 1.28. The van der Waals surface area contributed by atoms with Gasteiger partial charge in [-0.05, 0) is 50.1 Å². The van der Waals surface area contributed by atoms with E-state index in [-0.39, 0.29) is 25.2 Å². The fraction of sp³-hybridized carbons (Fsp3) is 0.348. The minimum absolute atomic E-state index is 0.173. The van der Waals surface area contributed by atoms with Crippen molar-refractivity contribution in [1.29, 1.82) is 5.26 Å². The molecule has 0 bridgehead atoms. The van der Waals surface area contributed by atoms with E-state index in [1.54, 1.807) is 47.9 Å². The number of hydrogen-bond donors (Lipinski definition) is 2. The number of aromatic nitrogens is 2. The maximum absolute atomic E-state index is 13.3. The molecule has 3 aromatic rings. The lowest BCUT2D eigenvalue weighted by Crippen LogP contribution is -2.45. The van der Waals surface area contributed by atoms with Crippen molar-refractivity contribution in [3.63, 3.8) is 0 Å². The topological polar surface area (TPSA) is 96.2 Å². The molecule has 1 aliphatic heterocycles. The summed E-state index contributed by atoms with van der Waals surface area (Å²) in [7, 11) is 0. The summed E-state index contributed by atoms with van der Waals surface area (Å²) >= 11 is 18.5. The Morgan fingerprint density at radius 1 is 1.24 bits per heavy atom. The largest absolute Gasteiger partial charge is 0.389 e. The smallest absolute Gasteiger partial charge is 0.320 e. The first-order chi connectivity index (χ1) is 15.6. The molecule has 1 aliphatic rings. The van der Waals surface area contributed by atoms with Gasteiger partial charge in [0.1, 0.15) is 11.9 Å². The number of urea groups is 1. The fourth-order valence-corrected chi connectivity index (χ4v) is 4.78. The summed E-state index contributed by atoms with van der Waals surface area (Å²) in [6.45, 7) is 4.16. The number of halogens is 3. The van der Waals surface area contributed by atoms with Crippen molar-refractivity contribution in [1.82, 2.24) is 19.8 Å². The van der Waals surface area contributed by atoms with Crippen LogP contribution in [-0.2, 0) is 13.0 Å². The third-order valence-electron chi connectivity index (χ3n) is 5.53. The monoisotopic (exact) mass is 505 g/mol. The van der Waals surface area contributed by atoms with E-state index in [4.69, 9.17) is 34.8 Å². The molecular weight excluding hydrogens is 485 g/mol. The average molecular weight is 507 g/mol. The van der Waals surface area contributed by atoms with Crippen LogP contribution in [0, 0.1) is 11.3 Å². The van der Waals surface area contributed by atoms with Crippen LogP contribution in [0.2, 0.25) is 15.1 Å². The highest BCUT2D eigenvalue weighted by molar-refractivity contribution is 6.35. The molecule has 0 saturated carbocycles. The van der Waals surface area contributed by atoms with Crippen molar-refractivity contribution >= 4 is 51.9 Å². The number of carbonyl (C=O) groups is 1. The molecule has 33 heavy (non-hydrogen) atoms. The molecule has 1 saturated heterocycles. The molecule has 4 rings (SSSR count). The summed E-state index contributed by atoms with van der Waals surface area (Å²) in [4.78, 5) is 24.3. The number of aliphatic hydroxyl groups is 1. The van der Waals surface area contributed by atoms with Crippen molar-refractivity contribution in [2.24, 2.45) is 0 Å². The Bertz CT molecular complexity index is 1260. The molecule has 2 heterocycles. The molecule has 0 radical (unpaired) electrons. The number of imidazole rings is 1. The number of rotatable bonds is 6. The highest BCUT2D eigenvalue weighted by Crippen LogP contribution is 2.29. The first kappa shape index (κ1) is 23.7.